The highest BCUT2D eigenvalue weighted by Crippen LogP contribution is 2.52. The van der Waals surface area contributed by atoms with Gasteiger partial charge in [0.25, 0.3) is 5.56 Å². The van der Waals surface area contributed by atoms with E-state index in [1.165, 1.54) is 24.0 Å². The first kappa shape index (κ1) is 24.2. The van der Waals surface area contributed by atoms with E-state index in [0.29, 0.717) is 41.4 Å². The number of nitrogens with zero attached hydrogens (tertiary/aromatic N) is 6. The number of fused-ring (bicyclic) bond motifs is 8. The highest BCUT2D eigenvalue weighted by Gasteiger charge is 2.48. The van der Waals surface area contributed by atoms with Crippen molar-refractivity contribution < 1.29 is 4.74 Å². The predicted octanol–water partition coefficient (Wildman–Crippen LogP) is 4.41. The maximum atomic E-state index is 13.5. The molecule has 1 saturated carbocycles. The number of anilines is 2. The quantitative estimate of drug-likeness (QED) is 0.389. The van der Waals surface area contributed by atoms with Gasteiger partial charge in [-0.25, -0.2) is 19.3 Å². The third kappa shape index (κ3) is 4.17. The number of benzene rings is 1. The molecule has 200 valence electrons. The van der Waals surface area contributed by atoms with Crippen LogP contribution in [0.5, 0.6) is 0 Å². The second-order valence-corrected chi connectivity index (χ2v) is 11.6. The topological polar surface area (TPSA) is 90.1 Å². The number of aromatic nitrogens is 5. The SMILES string of the molecule is CN1Cc2cc(Nc3ncc4c(=O)n5n(c4n3)-c3cccc(n3)C(C)(C)OCCC=CC5)ccc2C2(CC2)C1. The van der Waals surface area contributed by atoms with Gasteiger partial charge < -0.3 is 15.0 Å². The number of hydrogen-bond acceptors (Lipinski definition) is 7. The molecule has 2 aliphatic heterocycles. The van der Waals surface area contributed by atoms with Crippen molar-refractivity contribution in [3.8, 4) is 5.82 Å². The molecule has 2 bridgehead atoms. The van der Waals surface area contributed by atoms with Crippen LogP contribution in [-0.2, 0) is 28.8 Å². The summed E-state index contributed by atoms with van der Waals surface area (Å²) < 4.78 is 9.61. The summed E-state index contributed by atoms with van der Waals surface area (Å²) in [6.45, 7) is 7.07. The Balaban J connectivity index is 1.32. The lowest BCUT2D eigenvalue weighted by molar-refractivity contribution is -0.0224. The van der Waals surface area contributed by atoms with E-state index in [2.05, 4.69) is 40.4 Å². The van der Waals surface area contributed by atoms with E-state index in [1.807, 2.05) is 44.2 Å². The molecular weight excluding hydrogens is 490 g/mol. The van der Waals surface area contributed by atoms with Crippen LogP contribution in [0, 0.1) is 0 Å². The molecule has 1 spiro atoms. The minimum Gasteiger partial charge on any atom is -0.369 e. The Kier molecular flexibility index (Phi) is 5.50. The summed E-state index contributed by atoms with van der Waals surface area (Å²) in [5.74, 6) is 1.05. The van der Waals surface area contributed by atoms with Crippen LogP contribution < -0.4 is 10.9 Å². The Bertz CT molecular complexity index is 1680. The van der Waals surface area contributed by atoms with Gasteiger partial charge in [-0.2, -0.15) is 4.98 Å². The number of hydrogen-bond donors (Lipinski definition) is 1. The van der Waals surface area contributed by atoms with Crippen molar-refractivity contribution in [1.82, 2.24) is 29.2 Å². The minimum atomic E-state index is -0.571. The van der Waals surface area contributed by atoms with Crippen LogP contribution in [0.15, 0.2) is 59.5 Å². The molecule has 0 unspecified atom stereocenters. The van der Waals surface area contributed by atoms with E-state index < -0.39 is 5.60 Å². The summed E-state index contributed by atoms with van der Waals surface area (Å²) in [7, 11) is 2.19. The molecule has 3 aliphatic rings. The monoisotopic (exact) mass is 523 g/mol. The number of pyridine rings is 1. The summed E-state index contributed by atoms with van der Waals surface area (Å²) in [6.07, 6.45) is 8.93. The van der Waals surface area contributed by atoms with Crippen LogP contribution in [0.3, 0.4) is 0 Å². The summed E-state index contributed by atoms with van der Waals surface area (Å²) in [5, 5.41) is 3.85. The minimum absolute atomic E-state index is 0.146. The molecule has 9 heteroatoms. The maximum Gasteiger partial charge on any atom is 0.278 e. The summed E-state index contributed by atoms with van der Waals surface area (Å²) in [5.41, 5.74) is 4.71. The molecule has 0 atom stereocenters. The Morgan fingerprint density at radius 3 is 2.79 bits per heavy atom. The Hall–Kier alpha value is -3.82. The third-order valence-corrected chi connectivity index (χ3v) is 8.24. The zero-order valence-corrected chi connectivity index (χ0v) is 22.6. The lowest BCUT2D eigenvalue weighted by Crippen LogP contribution is -2.35. The summed E-state index contributed by atoms with van der Waals surface area (Å²) in [4.78, 5) is 30.2. The van der Waals surface area contributed by atoms with Crippen LogP contribution in [0.25, 0.3) is 16.9 Å². The first-order chi connectivity index (χ1) is 18.8. The molecule has 0 radical (unpaired) electrons. The van der Waals surface area contributed by atoms with Gasteiger partial charge in [0.15, 0.2) is 11.5 Å². The van der Waals surface area contributed by atoms with Gasteiger partial charge in [0.05, 0.1) is 18.8 Å². The van der Waals surface area contributed by atoms with Crippen molar-refractivity contribution in [2.24, 2.45) is 0 Å². The van der Waals surface area contributed by atoms with Crippen molar-refractivity contribution in [2.45, 2.75) is 57.2 Å². The van der Waals surface area contributed by atoms with Gasteiger partial charge in [0.2, 0.25) is 5.95 Å². The summed E-state index contributed by atoms with van der Waals surface area (Å²) >= 11 is 0. The number of nitrogens with one attached hydrogen (secondary N) is 1. The highest BCUT2D eigenvalue weighted by atomic mass is 16.5. The van der Waals surface area contributed by atoms with Crippen molar-refractivity contribution in [1.29, 1.82) is 0 Å². The lowest BCUT2D eigenvalue weighted by atomic mass is 9.87. The van der Waals surface area contributed by atoms with Gasteiger partial charge in [-0.1, -0.05) is 24.3 Å². The largest absolute Gasteiger partial charge is 0.369 e. The number of rotatable bonds is 2. The van der Waals surface area contributed by atoms with Crippen LogP contribution >= 0.6 is 0 Å². The van der Waals surface area contributed by atoms with E-state index in [9.17, 15) is 4.79 Å². The molecule has 4 aromatic rings. The van der Waals surface area contributed by atoms with Crippen molar-refractivity contribution >= 4 is 22.7 Å². The zero-order valence-electron chi connectivity index (χ0n) is 22.6. The van der Waals surface area contributed by atoms with E-state index >= 15 is 0 Å². The second-order valence-electron chi connectivity index (χ2n) is 11.6. The van der Waals surface area contributed by atoms with E-state index in [0.717, 1.165) is 30.9 Å². The van der Waals surface area contributed by atoms with Crippen LogP contribution in [0.2, 0.25) is 0 Å². The molecule has 1 N–H and O–H groups in total. The Morgan fingerprint density at radius 2 is 1.95 bits per heavy atom. The maximum absolute atomic E-state index is 13.5. The number of likely N-dealkylation sites (N-methyl/N-ethyl adjacent to an activating group) is 1. The fourth-order valence-electron chi connectivity index (χ4n) is 6.09. The smallest absolute Gasteiger partial charge is 0.278 e. The van der Waals surface area contributed by atoms with Crippen molar-refractivity contribution in [2.75, 3.05) is 25.5 Å². The van der Waals surface area contributed by atoms with E-state index in [4.69, 9.17) is 14.7 Å². The molecule has 9 nitrogen and oxygen atoms in total. The van der Waals surface area contributed by atoms with Gasteiger partial charge in [0, 0.05) is 30.4 Å². The third-order valence-electron chi connectivity index (χ3n) is 8.24. The molecule has 0 amide bonds. The van der Waals surface area contributed by atoms with Gasteiger partial charge in [-0.15, -0.1) is 0 Å². The predicted molar refractivity (Wildman–Crippen MR) is 151 cm³/mol. The molecule has 1 aliphatic carbocycles. The number of ether oxygens (including phenoxy) is 1. The van der Waals surface area contributed by atoms with E-state index in [-0.39, 0.29) is 5.56 Å². The Labute approximate surface area is 227 Å². The fourth-order valence-corrected chi connectivity index (χ4v) is 6.09. The van der Waals surface area contributed by atoms with Crippen LogP contribution in [0.4, 0.5) is 11.6 Å². The standard InChI is InChI=1S/C30H33N7O2/c1-29(2)24-8-7-9-25(33-24)37-26-22(27(38)36(37)14-5-4-6-15-39-29)17-31-28(34-26)32-21-10-11-23-20(16-21)18-35(3)19-30(23)12-13-30/h4-5,7-11,16-17H,6,12-15,18-19H2,1-3H3,(H,31,32,34). The first-order valence-electron chi connectivity index (χ1n) is 13.7. The van der Waals surface area contributed by atoms with Gasteiger partial charge >= 0.3 is 0 Å². The van der Waals surface area contributed by atoms with Crippen LogP contribution in [-0.4, -0.2) is 49.4 Å². The molecule has 3 aromatic heterocycles. The lowest BCUT2D eigenvalue weighted by Gasteiger charge is -2.32. The molecule has 1 aromatic carbocycles. The average molecular weight is 524 g/mol. The van der Waals surface area contributed by atoms with Crippen LogP contribution in [0.1, 0.15) is 49.9 Å². The van der Waals surface area contributed by atoms with Gasteiger partial charge in [0.1, 0.15) is 11.0 Å². The Morgan fingerprint density at radius 1 is 1.08 bits per heavy atom. The van der Waals surface area contributed by atoms with Crippen molar-refractivity contribution in [3.05, 3.63) is 81.9 Å². The molecule has 5 heterocycles. The fraction of sp³-hybridized carbons (Fsp3) is 0.400. The average Bonchev–Trinajstić information content (AvgIpc) is 3.62. The second kappa shape index (κ2) is 8.86. The first-order valence-corrected chi connectivity index (χ1v) is 13.7. The summed E-state index contributed by atoms with van der Waals surface area (Å²) in [6, 6.07) is 12.4. The normalized spacial score (nSPS) is 19.7. The van der Waals surface area contributed by atoms with E-state index in [1.54, 1.807) is 15.6 Å². The molecule has 1 fully saturated rings. The highest BCUT2D eigenvalue weighted by molar-refractivity contribution is 5.77. The molecule has 39 heavy (non-hydrogen) atoms. The molecular formula is C30H33N7O2. The molecule has 7 rings (SSSR count). The number of allylic oxidation sites excluding steroid dienone is 1. The molecule has 0 saturated heterocycles. The van der Waals surface area contributed by atoms with Gasteiger partial charge in [-0.3, -0.25) is 4.79 Å². The van der Waals surface area contributed by atoms with Gasteiger partial charge in [-0.05, 0) is 75.5 Å². The zero-order chi connectivity index (χ0) is 26.8. The van der Waals surface area contributed by atoms with Crippen molar-refractivity contribution in [3.63, 3.8) is 0 Å².